The highest BCUT2D eigenvalue weighted by molar-refractivity contribution is 9.08. The molecule has 1 heterocycles. The van der Waals surface area contributed by atoms with Crippen LogP contribution in [0.1, 0.15) is 11.4 Å². The van der Waals surface area contributed by atoms with Crippen LogP contribution in [-0.2, 0) is 5.33 Å². The Morgan fingerprint density at radius 2 is 2.00 bits per heavy atom. The number of halogens is 1. The van der Waals surface area contributed by atoms with Crippen LogP contribution in [0.4, 0.5) is 5.69 Å². The lowest BCUT2D eigenvalue weighted by Crippen LogP contribution is -1.99. The first kappa shape index (κ1) is 11.7. The molecule has 2 rings (SSSR count). The molecule has 0 aliphatic carbocycles. The number of nitro benzene ring substituents is 1. The van der Waals surface area contributed by atoms with Gasteiger partial charge in [-0.3, -0.25) is 10.1 Å². The van der Waals surface area contributed by atoms with Gasteiger partial charge in [-0.25, -0.2) is 0 Å². The molecule has 2 aromatic rings. The van der Waals surface area contributed by atoms with E-state index in [4.69, 9.17) is 0 Å². The Labute approximate surface area is 106 Å². The zero-order valence-electron chi connectivity index (χ0n) is 9.00. The minimum absolute atomic E-state index is 0.0540. The van der Waals surface area contributed by atoms with Gasteiger partial charge in [0.1, 0.15) is 0 Å². The van der Waals surface area contributed by atoms with Crippen LogP contribution in [0.5, 0.6) is 0 Å². The molecule has 0 aliphatic rings. The molecule has 0 amide bonds. The van der Waals surface area contributed by atoms with Crippen LogP contribution in [-0.4, -0.2) is 19.9 Å². The molecule has 0 N–H and O–H groups in total. The van der Waals surface area contributed by atoms with E-state index >= 15 is 0 Å². The topological polar surface area (TPSA) is 73.8 Å². The third kappa shape index (κ3) is 2.33. The van der Waals surface area contributed by atoms with E-state index in [9.17, 15) is 10.1 Å². The van der Waals surface area contributed by atoms with Crippen LogP contribution in [0.2, 0.25) is 0 Å². The second kappa shape index (κ2) is 4.62. The first-order valence-electron chi connectivity index (χ1n) is 4.85. The number of hydrogen-bond acceptors (Lipinski definition) is 4. The summed E-state index contributed by atoms with van der Waals surface area (Å²) in [5, 5.41) is 19.6. The molecule has 0 spiro atoms. The van der Waals surface area contributed by atoms with Gasteiger partial charge < -0.3 is 0 Å². The van der Waals surface area contributed by atoms with Gasteiger partial charge in [-0.1, -0.05) is 15.9 Å². The van der Waals surface area contributed by atoms with Gasteiger partial charge in [0.2, 0.25) is 0 Å². The van der Waals surface area contributed by atoms with Crippen LogP contribution < -0.4 is 0 Å². The molecule has 0 unspecified atom stereocenters. The van der Waals surface area contributed by atoms with Crippen molar-refractivity contribution in [2.24, 2.45) is 0 Å². The molecule has 0 atom stereocenters. The third-order valence-corrected chi connectivity index (χ3v) is 2.83. The van der Waals surface area contributed by atoms with Gasteiger partial charge in [-0.2, -0.15) is 15.0 Å². The van der Waals surface area contributed by atoms with E-state index in [-0.39, 0.29) is 5.69 Å². The summed E-state index contributed by atoms with van der Waals surface area (Å²) in [6, 6.07) is 6.11. The monoisotopic (exact) mass is 296 g/mol. The summed E-state index contributed by atoms with van der Waals surface area (Å²) in [6.45, 7) is 1.87. The van der Waals surface area contributed by atoms with Gasteiger partial charge in [-0.05, 0) is 19.1 Å². The number of hydrogen-bond donors (Lipinski definition) is 0. The molecule has 0 radical (unpaired) electrons. The second-order valence-corrected chi connectivity index (χ2v) is 3.99. The van der Waals surface area contributed by atoms with E-state index in [0.29, 0.717) is 11.0 Å². The fourth-order valence-electron chi connectivity index (χ4n) is 1.36. The van der Waals surface area contributed by atoms with Crippen LogP contribution in [0, 0.1) is 17.0 Å². The molecule has 6 nitrogen and oxygen atoms in total. The van der Waals surface area contributed by atoms with Crippen molar-refractivity contribution < 1.29 is 4.92 Å². The average molecular weight is 297 g/mol. The normalized spacial score (nSPS) is 10.5. The first-order valence-corrected chi connectivity index (χ1v) is 5.97. The molecular formula is C10H9BrN4O2. The first-order chi connectivity index (χ1) is 8.11. The number of aryl methyl sites for hydroxylation is 1. The fourth-order valence-corrected chi connectivity index (χ4v) is 1.87. The highest BCUT2D eigenvalue weighted by atomic mass is 79.9. The third-order valence-electron chi connectivity index (χ3n) is 2.30. The molecule has 0 fully saturated rings. The van der Waals surface area contributed by atoms with Crippen LogP contribution in [0.3, 0.4) is 0 Å². The maximum atomic E-state index is 10.5. The number of rotatable bonds is 3. The van der Waals surface area contributed by atoms with Gasteiger partial charge >= 0.3 is 0 Å². The molecule has 17 heavy (non-hydrogen) atoms. The van der Waals surface area contributed by atoms with Crippen molar-refractivity contribution in [3.8, 4) is 5.69 Å². The lowest BCUT2D eigenvalue weighted by atomic mass is 10.3. The SMILES string of the molecule is Cc1nn(-c2ccc([N+](=O)[O-])cc2)nc1CBr. The zero-order chi connectivity index (χ0) is 12.4. The Morgan fingerprint density at radius 3 is 2.47 bits per heavy atom. The van der Waals surface area contributed by atoms with Crippen molar-refractivity contribution >= 4 is 21.6 Å². The van der Waals surface area contributed by atoms with Gasteiger partial charge in [0.25, 0.3) is 5.69 Å². The molecule has 0 saturated carbocycles. The zero-order valence-corrected chi connectivity index (χ0v) is 10.6. The van der Waals surface area contributed by atoms with E-state index in [2.05, 4.69) is 26.1 Å². The molecule has 0 aliphatic heterocycles. The van der Waals surface area contributed by atoms with E-state index in [1.54, 1.807) is 12.1 Å². The van der Waals surface area contributed by atoms with E-state index in [0.717, 1.165) is 11.4 Å². The predicted molar refractivity (Wildman–Crippen MR) is 65.4 cm³/mol. The summed E-state index contributed by atoms with van der Waals surface area (Å²) >= 11 is 3.32. The predicted octanol–water partition coefficient (Wildman–Crippen LogP) is 2.38. The lowest BCUT2D eigenvalue weighted by Gasteiger charge is -1.98. The Bertz CT molecular complexity index is 550. The van der Waals surface area contributed by atoms with E-state index in [1.165, 1.54) is 16.9 Å². The highest BCUT2D eigenvalue weighted by Gasteiger charge is 2.09. The Hall–Kier alpha value is -1.76. The number of nitrogens with zero attached hydrogens (tertiary/aromatic N) is 4. The van der Waals surface area contributed by atoms with Crippen molar-refractivity contribution in [1.29, 1.82) is 0 Å². The van der Waals surface area contributed by atoms with Crippen LogP contribution >= 0.6 is 15.9 Å². The van der Waals surface area contributed by atoms with E-state index < -0.39 is 4.92 Å². The van der Waals surface area contributed by atoms with Crippen LogP contribution in [0.25, 0.3) is 5.69 Å². The maximum Gasteiger partial charge on any atom is 0.269 e. The summed E-state index contributed by atoms with van der Waals surface area (Å²) in [5.74, 6) is 0. The fraction of sp³-hybridized carbons (Fsp3) is 0.200. The van der Waals surface area contributed by atoms with Crippen molar-refractivity contribution in [1.82, 2.24) is 15.0 Å². The number of non-ortho nitro benzene ring substituents is 1. The largest absolute Gasteiger partial charge is 0.269 e. The molecule has 7 heteroatoms. The number of benzene rings is 1. The quantitative estimate of drug-likeness (QED) is 0.495. The molecule has 0 saturated heterocycles. The summed E-state index contributed by atoms with van der Waals surface area (Å²) < 4.78 is 0. The Kier molecular flexibility index (Phi) is 3.19. The second-order valence-electron chi connectivity index (χ2n) is 3.43. The molecular weight excluding hydrogens is 288 g/mol. The molecule has 1 aromatic heterocycles. The summed E-state index contributed by atoms with van der Waals surface area (Å²) in [7, 11) is 0. The standard InChI is InChI=1S/C10H9BrN4O2/c1-7-10(6-11)13-14(12-7)8-2-4-9(5-3-8)15(16)17/h2-5H,6H2,1H3. The minimum atomic E-state index is -0.435. The number of nitro groups is 1. The highest BCUT2D eigenvalue weighted by Crippen LogP contribution is 2.15. The van der Waals surface area contributed by atoms with Gasteiger partial charge in [-0.15, -0.1) is 0 Å². The van der Waals surface area contributed by atoms with E-state index in [1.807, 2.05) is 6.92 Å². The summed E-state index contributed by atoms with van der Waals surface area (Å²) in [4.78, 5) is 11.5. The summed E-state index contributed by atoms with van der Waals surface area (Å²) in [5.41, 5.74) is 2.44. The Balaban J connectivity index is 2.36. The molecule has 88 valence electrons. The maximum absolute atomic E-state index is 10.5. The molecule has 0 bridgehead atoms. The van der Waals surface area contributed by atoms with Gasteiger partial charge in [0, 0.05) is 17.5 Å². The number of aromatic nitrogens is 3. The summed E-state index contributed by atoms with van der Waals surface area (Å²) in [6.07, 6.45) is 0. The Morgan fingerprint density at radius 1 is 1.35 bits per heavy atom. The molecule has 1 aromatic carbocycles. The van der Waals surface area contributed by atoms with Gasteiger partial charge in [0.15, 0.2) is 0 Å². The van der Waals surface area contributed by atoms with Gasteiger partial charge in [0.05, 0.1) is 22.0 Å². The van der Waals surface area contributed by atoms with Crippen LogP contribution in [0.15, 0.2) is 24.3 Å². The van der Waals surface area contributed by atoms with Crippen molar-refractivity contribution in [3.63, 3.8) is 0 Å². The van der Waals surface area contributed by atoms with Crippen molar-refractivity contribution in [2.75, 3.05) is 0 Å². The number of alkyl halides is 1. The minimum Gasteiger partial charge on any atom is -0.258 e. The lowest BCUT2D eigenvalue weighted by molar-refractivity contribution is -0.384. The average Bonchev–Trinajstić information content (AvgIpc) is 2.70. The van der Waals surface area contributed by atoms with Crippen molar-refractivity contribution in [2.45, 2.75) is 12.3 Å². The smallest absolute Gasteiger partial charge is 0.258 e. The van der Waals surface area contributed by atoms with Crippen molar-refractivity contribution in [3.05, 3.63) is 45.8 Å².